The van der Waals surface area contributed by atoms with Gasteiger partial charge in [-0.2, -0.15) is 5.10 Å². The van der Waals surface area contributed by atoms with Crippen LogP contribution >= 0.6 is 0 Å². The third kappa shape index (κ3) is 3.94. The number of nitrogens with zero attached hydrogens (tertiary/aromatic N) is 5. The van der Waals surface area contributed by atoms with Gasteiger partial charge in [-0.3, -0.25) is 19.2 Å². The summed E-state index contributed by atoms with van der Waals surface area (Å²) >= 11 is 0. The van der Waals surface area contributed by atoms with Crippen LogP contribution in [-0.2, 0) is 4.79 Å². The minimum absolute atomic E-state index is 0.257. The second kappa shape index (κ2) is 8.43. The Kier molecular flexibility index (Phi) is 5.32. The van der Waals surface area contributed by atoms with Crippen LogP contribution in [0, 0.1) is 6.92 Å². The molecule has 0 aliphatic carbocycles. The van der Waals surface area contributed by atoms with Crippen LogP contribution in [-0.4, -0.2) is 55.0 Å². The summed E-state index contributed by atoms with van der Waals surface area (Å²) in [5.74, 6) is 0.946. The van der Waals surface area contributed by atoms with Crippen LogP contribution in [0.2, 0.25) is 0 Å². The van der Waals surface area contributed by atoms with E-state index in [1.54, 1.807) is 6.20 Å². The number of likely N-dealkylation sites (tertiary alicyclic amines) is 1. The van der Waals surface area contributed by atoms with E-state index in [0.29, 0.717) is 18.3 Å². The van der Waals surface area contributed by atoms with Gasteiger partial charge in [0.05, 0.1) is 24.1 Å². The molecule has 1 saturated heterocycles. The number of aromatic amines is 1. The molecule has 164 valence electrons. The van der Waals surface area contributed by atoms with Crippen LogP contribution < -0.4 is 11.1 Å². The molecule has 1 amide bonds. The highest BCUT2D eigenvalue weighted by Gasteiger charge is 2.21. The number of fused-ring (bicyclic) bond motifs is 1. The van der Waals surface area contributed by atoms with Crippen LogP contribution in [0.5, 0.6) is 0 Å². The van der Waals surface area contributed by atoms with Crippen LogP contribution in [0.25, 0.3) is 16.9 Å². The van der Waals surface area contributed by atoms with Gasteiger partial charge >= 0.3 is 0 Å². The van der Waals surface area contributed by atoms with Crippen molar-refractivity contribution in [1.29, 1.82) is 0 Å². The predicted molar refractivity (Wildman–Crippen MR) is 123 cm³/mol. The van der Waals surface area contributed by atoms with Crippen molar-refractivity contribution >= 4 is 23.1 Å². The molecule has 32 heavy (non-hydrogen) atoms. The maximum atomic E-state index is 11.1. The van der Waals surface area contributed by atoms with Gasteiger partial charge in [-0.25, -0.2) is 9.97 Å². The normalized spacial score (nSPS) is 15.3. The molecule has 0 radical (unpaired) electrons. The highest BCUT2D eigenvalue weighted by atomic mass is 16.1. The number of carbonyl (C=O) groups excluding carboxylic acids is 1. The number of nitrogens with two attached hydrogens (primary N) is 1. The Hall–Kier alpha value is -3.72. The summed E-state index contributed by atoms with van der Waals surface area (Å²) in [6, 6.07) is 8.51. The van der Waals surface area contributed by atoms with Crippen molar-refractivity contribution in [1.82, 2.24) is 29.5 Å². The van der Waals surface area contributed by atoms with Crippen LogP contribution in [0.3, 0.4) is 0 Å². The second-order valence-electron chi connectivity index (χ2n) is 8.26. The van der Waals surface area contributed by atoms with Gasteiger partial charge in [-0.05, 0) is 56.5 Å². The number of H-pyrrole nitrogens is 1. The number of amides is 1. The molecular weight excluding hydrogens is 404 g/mol. The van der Waals surface area contributed by atoms with Gasteiger partial charge in [0.15, 0.2) is 11.5 Å². The molecule has 5 rings (SSSR count). The predicted octanol–water partition coefficient (Wildman–Crippen LogP) is 2.84. The molecule has 0 bridgehead atoms. The third-order valence-electron chi connectivity index (χ3n) is 6.15. The minimum Gasteiger partial charge on any atom is -0.369 e. The quantitative estimate of drug-likeness (QED) is 0.433. The van der Waals surface area contributed by atoms with Gasteiger partial charge in [-0.15, -0.1) is 0 Å². The molecule has 9 heteroatoms. The van der Waals surface area contributed by atoms with Gasteiger partial charge in [0.25, 0.3) is 0 Å². The maximum absolute atomic E-state index is 11.1. The highest BCUT2D eigenvalue weighted by molar-refractivity contribution is 5.76. The number of hydrogen-bond acceptors (Lipinski definition) is 6. The molecular formula is C23H26N8O. The van der Waals surface area contributed by atoms with Crippen molar-refractivity contribution in [2.45, 2.75) is 25.7 Å². The molecule has 0 spiro atoms. The fraction of sp³-hybridized carbons (Fsp3) is 0.304. The average molecular weight is 431 g/mol. The first kappa shape index (κ1) is 20.2. The summed E-state index contributed by atoms with van der Waals surface area (Å²) in [5.41, 5.74) is 11.2. The van der Waals surface area contributed by atoms with E-state index < -0.39 is 0 Å². The van der Waals surface area contributed by atoms with E-state index in [0.717, 1.165) is 54.2 Å². The maximum Gasteiger partial charge on any atom is 0.231 e. The fourth-order valence-electron chi connectivity index (χ4n) is 4.44. The zero-order valence-electron chi connectivity index (χ0n) is 18.0. The molecule has 1 fully saturated rings. The van der Waals surface area contributed by atoms with E-state index in [-0.39, 0.29) is 5.91 Å². The second-order valence-corrected chi connectivity index (χ2v) is 8.26. The molecule has 1 aromatic carbocycles. The Balaban J connectivity index is 1.31. The van der Waals surface area contributed by atoms with Gasteiger partial charge < -0.3 is 11.1 Å². The molecule has 4 N–H and O–H groups in total. The summed E-state index contributed by atoms with van der Waals surface area (Å²) in [5, 5.41) is 10.5. The Labute approximate surface area is 185 Å². The number of carbonyl (C=O) groups is 1. The summed E-state index contributed by atoms with van der Waals surface area (Å²) in [6.07, 6.45) is 9.47. The number of aryl methyl sites for hydroxylation is 1. The summed E-state index contributed by atoms with van der Waals surface area (Å²) in [4.78, 5) is 22.4. The molecule has 3 aromatic heterocycles. The third-order valence-corrected chi connectivity index (χ3v) is 6.15. The van der Waals surface area contributed by atoms with Crippen molar-refractivity contribution in [2.24, 2.45) is 5.73 Å². The minimum atomic E-state index is -0.257. The Morgan fingerprint density at radius 2 is 2.00 bits per heavy atom. The zero-order valence-corrected chi connectivity index (χ0v) is 18.0. The summed E-state index contributed by atoms with van der Waals surface area (Å²) in [6.45, 7) is 4.11. The van der Waals surface area contributed by atoms with Crippen molar-refractivity contribution in [3.05, 3.63) is 60.3 Å². The standard InChI is InChI=1S/C23H26N8O/c1-15-19(12-27-29-15)20-13-26-22(23-25-8-11-31(20)23)28-18-4-2-16(3-5-18)17-6-9-30(10-7-17)14-21(24)32/h2-5,8,11-13,17H,6-7,9-10,14H2,1H3,(H2,24,32)(H,26,28)(H,27,29). The Morgan fingerprint density at radius 3 is 2.69 bits per heavy atom. The largest absolute Gasteiger partial charge is 0.369 e. The van der Waals surface area contributed by atoms with Crippen LogP contribution in [0.15, 0.2) is 49.1 Å². The van der Waals surface area contributed by atoms with Crippen molar-refractivity contribution in [3.63, 3.8) is 0 Å². The average Bonchev–Trinajstić information content (AvgIpc) is 3.44. The molecule has 1 aliphatic rings. The zero-order chi connectivity index (χ0) is 22.1. The first-order chi connectivity index (χ1) is 15.6. The van der Waals surface area contributed by atoms with Crippen molar-refractivity contribution in [2.75, 3.05) is 25.0 Å². The van der Waals surface area contributed by atoms with Gasteiger partial charge in [0.1, 0.15) is 0 Å². The molecule has 0 unspecified atom stereocenters. The van der Waals surface area contributed by atoms with E-state index in [4.69, 9.17) is 5.73 Å². The fourth-order valence-corrected chi connectivity index (χ4v) is 4.44. The number of rotatable bonds is 6. The molecule has 9 nitrogen and oxygen atoms in total. The van der Waals surface area contributed by atoms with Crippen molar-refractivity contribution < 1.29 is 4.79 Å². The molecule has 4 aromatic rings. The van der Waals surface area contributed by atoms with Gasteiger partial charge in [0.2, 0.25) is 5.91 Å². The Morgan fingerprint density at radius 1 is 1.22 bits per heavy atom. The molecule has 1 aliphatic heterocycles. The molecule has 4 heterocycles. The lowest BCUT2D eigenvalue weighted by Crippen LogP contribution is -2.39. The lowest BCUT2D eigenvalue weighted by Gasteiger charge is -2.31. The lowest BCUT2D eigenvalue weighted by molar-refractivity contribution is -0.119. The first-order valence-corrected chi connectivity index (χ1v) is 10.8. The van der Waals surface area contributed by atoms with Crippen molar-refractivity contribution in [3.8, 4) is 11.3 Å². The van der Waals surface area contributed by atoms with E-state index in [1.807, 2.05) is 29.9 Å². The lowest BCUT2D eigenvalue weighted by atomic mass is 9.89. The van der Waals surface area contributed by atoms with Crippen LogP contribution in [0.4, 0.5) is 11.5 Å². The van der Waals surface area contributed by atoms with Crippen LogP contribution in [0.1, 0.15) is 30.0 Å². The smallest absolute Gasteiger partial charge is 0.231 e. The molecule has 0 saturated carbocycles. The van der Waals surface area contributed by atoms with E-state index >= 15 is 0 Å². The van der Waals surface area contributed by atoms with Gasteiger partial charge in [-0.1, -0.05) is 12.1 Å². The number of piperidine rings is 1. The number of imidazole rings is 1. The highest BCUT2D eigenvalue weighted by Crippen LogP contribution is 2.30. The van der Waals surface area contributed by atoms with E-state index in [2.05, 4.69) is 54.6 Å². The molecule has 0 atom stereocenters. The van der Waals surface area contributed by atoms with Gasteiger partial charge in [0, 0.05) is 29.8 Å². The summed E-state index contributed by atoms with van der Waals surface area (Å²) < 4.78 is 2.02. The Bertz CT molecular complexity index is 1230. The summed E-state index contributed by atoms with van der Waals surface area (Å²) in [7, 11) is 0. The topological polar surface area (TPSA) is 117 Å². The number of benzene rings is 1. The van der Waals surface area contributed by atoms with E-state index in [1.165, 1.54) is 5.56 Å². The SMILES string of the molecule is Cc1n[nH]cc1-c1cnc(Nc2ccc(C3CCN(CC(N)=O)CC3)cc2)c2nccn12. The number of hydrogen-bond donors (Lipinski definition) is 3. The monoisotopic (exact) mass is 430 g/mol. The number of nitrogens with one attached hydrogen (secondary N) is 2. The van der Waals surface area contributed by atoms with E-state index in [9.17, 15) is 4.79 Å². The number of aromatic nitrogens is 5. The number of primary amides is 1. The number of anilines is 2. The first-order valence-electron chi connectivity index (χ1n) is 10.8.